The minimum absolute atomic E-state index is 0.159. The zero-order valence-electron chi connectivity index (χ0n) is 19.4. The minimum Gasteiger partial charge on any atom is -0.404 e. The molecule has 0 aliphatic carbocycles. The lowest BCUT2D eigenvalue weighted by atomic mass is 10.1. The van der Waals surface area contributed by atoms with Gasteiger partial charge in [-0.3, -0.25) is 18.8 Å². The fraction of sp³-hybridized carbons (Fsp3) is 0.250. The van der Waals surface area contributed by atoms with E-state index in [0.717, 1.165) is 22.3 Å². The third-order valence-electron chi connectivity index (χ3n) is 4.64. The van der Waals surface area contributed by atoms with Crippen molar-refractivity contribution in [2.45, 2.75) is 40.9 Å². The van der Waals surface area contributed by atoms with Crippen LogP contribution in [-0.2, 0) is 31.4 Å². The number of hydrogen-bond donors (Lipinski definition) is 2. The zero-order valence-corrected chi connectivity index (χ0v) is 21.2. The van der Waals surface area contributed by atoms with Gasteiger partial charge in [-0.05, 0) is 85.3 Å². The molecule has 3 aromatic rings. The number of benzene rings is 3. The van der Waals surface area contributed by atoms with E-state index in [9.17, 15) is 18.9 Å². The highest BCUT2D eigenvalue weighted by atomic mass is 31.2. The summed E-state index contributed by atoms with van der Waals surface area (Å²) in [4.78, 5) is 20.0. The maximum absolute atomic E-state index is 12.3. The van der Waals surface area contributed by atoms with E-state index in [1.165, 1.54) is 0 Å². The first-order valence-corrected chi connectivity index (χ1v) is 13.5. The molecule has 3 aromatic carbocycles. The van der Waals surface area contributed by atoms with Crippen LogP contribution < -0.4 is 9.05 Å². The summed E-state index contributed by atoms with van der Waals surface area (Å²) >= 11 is 0. The fourth-order valence-electron chi connectivity index (χ4n) is 3.33. The molecular formula is C24H28O8P2. The van der Waals surface area contributed by atoms with E-state index in [-0.39, 0.29) is 24.7 Å². The summed E-state index contributed by atoms with van der Waals surface area (Å²) in [6.07, 6.45) is 0. The predicted molar refractivity (Wildman–Crippen MR) is 129 cm³/mol. The standard InChI is InChI=1S/C24H28O8P2/c1-17-9-18(2)12-23(11-17)31-33(25,26)29-15-21-5-7-22(8-6-21)16-30-34(27,28)32-24-13-19(3)10-20(4)14-24/h5-14H,15-16H2,1-4H3,(H,25,26)(H,27,28). The predicted octanol–water partition coefficient (Wildman–Crippen LogP) is 6.31. The normalized spacial score (nSPS) is 14.8. The van der Waals surface area contributed by atoms with Crippen LogP contribution in [0.25, 0.3) is 0 Å². The molecule has 10 heteroatoms. The third-order valence-corrected chi connectivity index (χ3v) is 6.44. The van der Waals surface area contributed by atoms with Crippen LogP contribution in [0, 0.1) is 27.7 Å². The third kappa shape index (κ3) is 8.41. The van der Waals surface area contributed by atoms with E-state index in [1.54, 1.807) is 48.5 Å². The Labute approximate surface area is 199 Å². The van der Waals surface area contributed by atoms with Gasteiger partial charge >= 0.3 is 15.6 Å². The maximum Gasteiger partial charge on any atom is 0.527 e. The fourth-order valence-corrected chi connectivity index (χ4v) is 4.81. The maximum atomic E-state index is 12.3. The van der Waals surface area contributed by atoms with E-state index in [0.29, 0.717) is 11.1 Å². The molecule has 0 radical (unpaired) electrons. The molecule has 0 spiro atoms. The molecule has 0 heterocycles. The van der Waals surface area contributed by atoms with Crippen molar-refractivity contribution in [1.82, 2.24) is 0 Å². The van der Waals surface area contributed by atoms with Crippen molar-refractivity contribution >= 4 is 15.6 Å². The Morgan fingerprint density at radius 2 is 0.882 bits per heavy atom. The molecule has 0 aliphatic heterocycles. The van der Waals surface area contributed by atoms with Crippen molar-refractivity contribution in [2.75, 3.05) is 0 Å². The summed E-state index contributed by atoms with van der Waals surface area (Å²) in [5.74, 6) is 0.514. The summed E-state index contributed by atoms with van der Waals surface area (Å²) in [7, 11) is -8.64. The van der Waals surface area contributed by atoms with Crippen molar-refractivity contribution < 1.29 is 37.0 Å². The van der Waals surface area contributed by atoms with Crippen LogP contribution in [0.1, 0.15) is 33.4 Å². The summed E-state index contributed by atoms with van der Waals surface area (Å²) < 4.78 is 45.0. The monoisotopic (exact) mass is 506 g/mol. The Kier molecular flexibility index (Phi) is 8.37. The Bertz CT molecular complexity index is 1100. The van der Waals surface area contributed by atoms with Crippen LogP contribution in [0.5, 0.6) is 11.5 Å². The lowest BCUT2D eigenvalue weighted by molar-refractivity contribution is 0.192. The Morgan fingerprint density at radius 1 is 0.588 bits per heavy atom. The highest BCUT2D eigenvalue weighted by Crippen LogP contribution is 2.46. The van der Waals surface area contributed by atoms with Gasteiger partial charge in [0.25, 0.3) is 0 Å². The first kappa shape index (κ1) is 26.2. The zero-order chi connectivity index (χ0) is 24.9. The molecule has 2 atom stereocenters. The average molecular weight is 506 g/mol. The summed E-state index contributed by atoms with van der Waals surface area (Å²) in [5, 5.41) is 0. The summed E-state index contributed by atoms with van der Waals surface area (Å²) in [5.41, 5.74) is 4.83. The number of phosphoric ester groups is 2. The second kappa shape index (κ2) is 10.9. The molecular weight excluding hydrogens is 478 g/mol. The number of hydrogen-bond acceptors (Lipinski definition) is 6. The molecule has 3 rings (SSSR count). The Balaban J connectivity index is 1.52. The van der Waals surface area contributed by atoms with E-state index >= 15 is 0 Å². The van der Waals surface area contributed by atoms with Gasteiger partial charge in [-0.1, -0.05) is 36.4 Å². The summed E-state index contributed by atoms with van der Waals surface area (Å²) in [6.45, 7) is 7.13. The number of aryl methyl sites for hydroxylation is 4. The molecule has 2 unspecified atom stereocenters. The van der Waals surface area contributed by atoms with E-state index in [4.69, 9.17) is 18.1 Å². The first-order valence-electron chi connectivity index (χ1n) is 10.5. The Hall–Kier alpha value is -2.44. The van der Waals surface area contributed by atoms with E-state index < -0.39 is 15.6 Å². The van der Waals surface area contributed by atoms with Gasteiger partial charge in [-0.2, -0.15) is 0 Å². The van der Waals surface area contributed by atoms with Crippen molar-refractivity contribution in [3.63, 3.8) is 0 Å². The van der Waals surface area contributed by atoms with Crippen molar-refractivity contribution in [3.05, 3.63) is 94.0 Å². The molecule has 0 saturated carbocycles. The van der Waals surface area contributed by atoms with Gasteiger partial charge in [0.1, 0.15) is 11.5 Å². The molecule has 182 valence electrons. The average Bonchev–Trinajstić information content (AvgIpc) is 2.69. The first-order chi connectivity index (χ1) is 15.9. The van der Waals surface area contributed by atoms with Crippen LogP contribution in [-0.4, -0.2) is 9.79 Å². The minimum atomic E-state index is -4.32. The molecule has 0 aliphatic rings. The van der Waals surface area contributed by atoms with Crippen LogP contribution in [0.2, 0.25) is 0 Å². The van der Waals surface area contributed by atoms with Gasteiger partial charge < -0.3 is 9.05 Å². The molecule has 8 nitrogen and oxygen atoms in total. The molecule has 0 bridgehead atoms. The number of phosphoric acid groups is 2. The van der Waals surface area contributed by atoms with Gasteiger partial charge in [0, 0.05) is 0 Å². The van der Waals surface area contributed by atoms with Crippen molar-refractivity contribution in [1.29, 1.82) is 0 Å². The second-order valence-corrected chi connectivity index (χ2v) is 10.9. The van der Waals surface area contributed by atoms with Crippen LogP contribution in [0.4, 0.5) is 0 Å². The lowest BCUT2D eigenvalue weighted by Gasteiger charge is -2.15. The lowest BCUT2D eigenvalue weighted by Crippen LogP contribution is -2.00. The SMILES string of the molecule is Cc1cc(C)cc(OP(=O)(O)OCc2ccc(COP(=O)(O)Oc3cc(C)cc(C)c3)cc2)c1. The smallest absolute Gasteiger partial charge is 0.404 e. The van der Waals surface area contributed by atoms with Crippen LogP contribution in [0.3, 0.4) is 0 Å². The van der Waals surface area contributed by atoms with Crippen LogP contribution in [0.15, 0.2) is 60.7 Å². The molecule has 0 fully saturated rings. The molecule has 0 aromatic heterocycles. The molecule has 0 saturated heterocycles. The van der Waals surface area contributed by atoms with E-state index in [1.807, 2.05) is 39.8 Å². The molecule has 0 amide bonds. The van der Waals surface area contributed by atoms with E-state index in [2.05, 4.69) is 0 Å². The van der Waals surface area contributed by atoms with Gasteiger partial charge in [-0.25, -0.2) is 9.13 Å². The van der Waals surface area contributed by atoms with Gasteiger partial charge in [0.15, 0.2) is 0 Å². The van der Waals surface area contributed by atoms with Crippen LogP contribution >= 0.6 is 15.6 Å². The highest BCUT2D eigenvalue weighted by molar-refractivity contribution is 7.48. The summed E-state index contributed by atoms with van der Waals surface area (Å²) in [6, 6.07) is 17.1. The molecule has 2 N–H and O–H groups in total. The Morgan fingerprint density at radius 3 is 1.18 bits per heavy atom. The molecule has 34 heavy (non-hydrogen) atoms. The van der Waals surface area contributed by atoms with Gasteiger partial charge in [-0.15, -0.1) is 0 Å². The topological polar surface area (TPSA) is 112 Å². The second-order valence-electron chi connectivity index (χ2n) is 8.13. The quantitative estimate of drug-likeness (QED) is 0.308. The highest BCUT2D eigenvalue weighted by Gasteiger charge is 2.24. The van der Waals surface area contributed by atoms with Gasteiger partial charge in [0.2, 0.25) is 0 Å². The largest absolute Gasteiger partial charge is 0.527 e. The number of rotatable bonds is 10. The van der Waals surface area contributed by atoms with Gasteiger partial charge in [0.05, 0.1) is 13.2 Å². The van der Waals surface area contributed by atoms with Crippen molar-refractivity contribution in [3.8, 4) is 11.5 Å². The van der Waals surface area contributed by atoms with Crippen molar-refractivity contribution in [2.24, 2.45) is 0 Å².